The molecule has 0 spiro atoms. The minimum Gasteiger partial charge on any atom is -0.385 e. The lowest BCUT2D eigenvalue weighted by Gasteiger charge is -2.27. The summed E-state index contributed by atoms with van der Waals surface area (Å²) < 4.78 is 13.3. The van der Waals surface area contributed by atoms with E-state index in [2.05, 4.69) is 15.5 Å². The highest BCUT2D eigenvalue weighted by Crippen LogP contribution is 2.60. The fraction of sp³-hybridized carbons (Fsp3) is 0.300. The number of hydrogen-bond acceptors (Lipinski definition) is 3. The number of benzene rings is 2. The molecule has 2 saturated carbocycles. The van der Waals surface area contributed by atoms with Crippen LogP contribution in [-0.4, -0.2) is 27.3 Å². The van der Waals surface area contributed by atoms with Crippen molar-refractivity contribution in [2.24, 2.45) is 11.8 Å². The van der Waals surface area contributed by atoms with Crippen molar-refractivity contribution < 1.29 is 14.3 Å². The van der Waals surface area contributed by atoms with Crippen LogP contribution in [0.25, 0.3) is 10.9 Å². The average molecular weight is 386 g/mol. The van der Waals surface area contributed by atoms with Gasteiger partial charge in [-0.15, -0.1) is 0 Å². The van der Waals surface area contributed by atoms with Gasteiger partial charge in [-0.25, -0.2) is 4.39 Å². The van der Waals surface area contributed by atoms with Crippen molar-refractivity contribution in [3.8, 4) is 0 Å². The van der Waals surface area contributed by atoms with Gasteiger partial charge in [0.25, 0.3) is 5.91 Å². The first-order valence-corrected chi connectivity index (χ1v) is 9.24. The quantitative estimate of drug-likeness (QED) is 0.646. The lowest BCUT2D eigenvalue weighted by molar-refractivity contribution is 0.0293. The number of aromatic amines is 1. The van der Waals surface area contributed by atoms with E-state index in [1.54, 1.807) is 24.4 Å². The number of carbonyl (C=O) groups excluding carboxylic acids is 1. The molecule has 2 aromatic carbocycles. The summed E-state index contributed by atoms with van der Waals surface area (Å²) in [5.74, 6) is -0.308. The van der Waals surface area contributed by atoms with E-state index in [4.69, 9.17) is 11.6 Å². The third-order valence-corrected chi connectivity index (χ3v) is 6.11. The van der Waals surface area contributed by atoms with Crippen LogP contribution in [0.4, 0.5) is 4.39 Å². The highest BCUT2D eigenvalue weighted by molar-refractivity contribution is 6.31. The van der Waals surface area contributed by atoms with Gasteiger partial charge in [0.1, 0.15) is 5.82 Å². The summed E-state index contributed by atoms with van der Waals surface area (Å²) in [6, 6.07) is 9.25. The maximum Gasteiger partial charge on any atom is 0.251 e. The first kappa shape index (κ1) is 16.7. The molecule has 4 atom stereocenters. The van der Waals surface area contributed by atoms with Crippen molar-refractivity contribution in [1.82, 2.24) is 15.5 Å². The molecule has 1 heterocycles. The van der Waals surface area contributed by atoms with Gasteiger partial charge >= 0.3 is 0 Å². The van der Waals surface area contributed by atoms with Gasteiger partial charge < -0.3 is 10.4 Å². The number of H-pyrrole nitrogens is 1. The SMILES string of the molecule is O=C(N[C@H]1[C@@H]2C[C@](O)(c3cc(Cl)cc4[nH]ncc34)C[C@@H]21)c1cccc(F)c1. The predicted molar refractivity (Wildman–Crippen MR) is 98.9 cm³/mol. The maximum atomic E-state index is 13.3. The van der Waals surface area contributed by atoms with Crippen LogP contribution in [0.5, 0.6) is 0 Å². The summed E-state index contributed by atoms with van der Waals surface area (Å²) in [5, 5.41) is 22.6. The lowest BCUT2D eigenvalue weighted by Crippen LogP contribution is -2.33. The van der Waals surface area contributed by atoms with E-state index in [1.807, 2.05) is 0 Å². The molecule has 2 aliphatic rings. The van der Waals surface area contributed by atoms with Crippen LogP contribution in [0.2, 0.25) is 5.02 Å². The number of aromatic nitrogens is 2. The van der Waals surface area contributed by atoms with Crippen molar-refractivity contribution in [3.05, 3.63) is 64.6 Å². The lowest BCUT2D eigenvalue weighted by atomic mass is 9.86. The summed E-state index contributed by atoms with van der Waals surface area (Å²) in [6.07, 6.45) is 2.80. The second-order valence-electron chi connectivity index (χ2n) is 7.56. The highest BCUT2D eigenvalue weighted by Gasteiger charge is 2.62. The highest BCUT2D eigenvalue weighted by atomic mass is 35.5. The van der Waals surface area contributed by atoms with Crippen LogP contribution in [0.1, 0.15) is 28.8 Å². The summed E-state index contributed by atoms with van der Waals surface area (Å²) >= 11 is 6.20. The van der Waals surface area contributed by atoms with Crippen molar-refractivity contribution in [3.63, 3.8) is 0 Å². The van der Waals surface area contributed by atoms with E-state index in [0.717, 1.165) is 16.5 Å². The van der Waals surface area contributed by atoms with Crippen LogP contribution in [0.3, 0.4) is 0 Å². The molecule has 138 valence electrons. The molecule has 0 radical (unpaired) electrons. The molecule has 1 aromatic heterocycles. The minimum atomic E-state index is -0.984. The molecule has 0 saturated heterocycles. The Morgan fingerprint density at radius 3 is 2.81 bits per heavy atom. The molecule has 7 heteroatoms. The molecule has 0 unspecified atom stereocenters. The van der Waals surface area contributed by atoms with Gasteiger partial charge in [-0.05, 0) is 60.6 Å². The van der Waals surface area contributed by atoms with Crippen molar-refractivity contribution in [2.75, 3.05) is 0 Å². The smallest absolute Gasteiger partial charge is 0.251 e. The number of hydrogen-bond donors (Lipinski definition) is 3. The largest absolute Gasteiger partial charge is 0.385 e. The number of amides is 1. The fourth-order valence-corrected chi connectivity index (χ4v) is 4.78. The number of nitrogens with one attached hydrogen (secondary N) is 2. The van der Waals surface area contributed by atoms with Gasteiger partial charge in [-0.3, -0.25) is 9.89 Å². The van der Waals surface area contributed by atoms with E-state index in [9.17, 15) is 14.3 Å². The summed E-state index contributed by atoms with van der Waals surface area (Å²) in [5.41, 5.74) is 0.899. The Balaban J connectivity index is 1.33. The molecular weight excluding hydrogens is 369 g/mol. The normalized spacial score (nSPS) is 28.9. The topological polar surface area (TPSA) is 78.0 Å². The summed E-state index contributed by atoms with van der Waals surface area (Å²) in [4.78, 5) is 12.3. The van der Waals surface area contributed by atoms with Gasteiger partial charge in [0.2, 0.25) is 0 Å². The zero-order chi connectivity index (χ0) is 18.8. The van der Waals surface area contributed by atoms with Crippen LogP contribution in [0, 0.1) is 17.7 Å². The molecule has 0 bridgehead atoms. The van der Waals surface area contributed by atoms with E-state index < -0.39 is 11.4 Å². The Hall–Kier alpha value is -2.44. The second-order valence-corrected chi connectivity index (χ2v) is 8.00. The maximum absolute atomic E-state index is 13.3. The number of carbonyl (C=O) groups is 1. The Labute approximate surface area is 159 Å². The molecule has 2 aliphatic carbocycles. The van der Waals surface area contributed by atoms with Crippen LogP contribution >= 0.6 is 11.6 Å². The fourth-order valence-electron chi connectivity index (χ4n) is 4.56. The number of rotatable bonds is 3. The third-order valence-electron chi connectivity index (χ3n) is 5.89. The van der Waals surface area contributed by atoms with E-state index in [0.29, 0.717) is 23.4 Å². The molecule has 1 amide bonds. The predicted octanol–water partition coefficient (Wildman–Crippen LogP) is 3.38. The molecule has 5 rings (SSSR count). The molecule has 5 nitrogen and oxygen atoms in total. The van der Waals surface area contributed by atoms with Gasteiger partial charge in [0.05, 0.1) is 17.3 Å². The van der Waals surface area contributed by atoms with Crippen LogP contribution < -0.4 is 5.32 Å². The first-order chi connectivity index (χ1) is 12.9. The van der Waals surface area contributed by atoms with Gasteiger partial charge in [0.15, 0.2) is 0 Å². The summed E-state index contributed by atoms with van der Waals surface area (Å²) in [6.45, 7) is 0. The zero-order valence-corrected chi connectivity index (χ0v) is 15.0. The third kappa shape index (κ3) is 2.71. The van der Waals surface area contributed by atoms with Gasteiger partial charge in [0, 0.05) is 22.0 Å². The first-order valence-electron chi connectivity index (χ1n) is 8.86. The standard InChI is InChI=1S/C20H17ClFN3O2/c21-11-5-16(15-9-23-25-17(15)6-11)20(27)7-13-14(8-20)18(13)24-19(26)10-2-1-3-12(22)4-10/h1-6,9,13-14,18,27H,7-8H2,(H,23,25)(H,24,26)/t13-,14+,18+,20-. The number of fused-ring (bicyclic) bond motifs is 2. The van der Waals surface area contributed by atoms with Crippen LogP contribution in [-0.2, 0) is 5.60 Å². The molecule has 3 aromatic rings. The number of halogens is 2. The van der Waals surface area contributed by atoms with E-state index in [-0.39, 0.29) is 23.8 Å². The minimum absolute atomic E-state index is 0.0140. The van der Waals surface area contributed by atoms with E-state index in [1.165, 1.54) is 18.2 Å². The van der Waals surface area contributed by atoms with Gasteiger partial charge in [-0.1, -0.05) is 17.7 Å². The summed E-state index contributed by atoms with van der Waals surface area (Å²) in [7, 11) is 0. The van der Waals surface area contributed by atoms with Gasteiger partial charge in [-0.2, -0.15) is 5.10 Å². The zero-order valence-electron chi connectivity index (χ0n) is 14.2. The van der Waals surface area contributed by atoms with Crippen LogP contribution in [0.15, 0.2) is 42.6 Å². The molecule has 2 fully saturated rings. The van der Waals surface area contributed by atoms with Crippen molar-refractivity contribution >= 4 is 28.4 Å². The second kappa shape index (κ2) is 5.78. The Bertz CT molecular complexity index is 1050. The Morgan fingerprint density at radius 2 is 2.07 bits per heavy atom. The van der Waals surface area contributed by atoms with Crippen molar-refractivity contribution in [1.29, 1.82) is 0 Å². The average Bonchev–Trinajstić information content (AvgIpc) is 3.01. The monoisotopic (exact) mass is 385 g/mol. The molecule has 3 N–H and O–H groups in total. The molecular formula is C20H17ClFN3O2. The van der Waals surface area contributed by atoms with E-state index >= 15 is 0 Å². The molecule has 27 heavy (non-hydrogen) atoms. The molecule has 0 aliphatic heterocycles. The van der Waals surface area contributed by atoms with Crippen molar-refractivity contribution in [2.45, 2.75) is 24.5 Å². The number of nitrogens with zero attached hydrogens (tertiary/aromatic N) is 1. The Morgan fingerprint density at radius 1 is 1.30 bits per heavy atom. The Kier molecular flexibility index (Phi) is 3.58. The number of aliphatic hydroxyl groups is 1.